The maximum atomic E-state index is 7.16. The third-order valence-corrected chi connectivity index (χ3v) is 13.2. The summed E-state index contributed by atoms with van der Waals surface area (Å²) in [5.41, 5.74) is 3.73. The van der Waals surface area contributed by atoms with E-state index in [0.717, 1.165) is 74.0 Å². The third kappa shape index (κ3) is 5.94. The second kappa shape index (κ2) is 13.9. The van der Waals surface area contributed by atoms with E-state index in [-0.39, 0.29) is 6.04 Å². The van der Waals surface area contributed by atoms with Crippen LogP contribution in [-0.4, -0.2) is 6.04 Å². The molecule has 0 unspecified atom stereocenters. The number of rotatable bonds is 8. The van der Waals surface area contributed by atoms with E-state index in [2.05, 4.69) is 176 Å². The third-order valence-electron chi connectivity index (χ3n) is 9.72. The average molecular weight is 702 g/mol. The zero-order valence-electron chi connectivity index (χ0n) is 28.4. The predicted octanol–water partition coefficient (Wildman–Crippen LogP) is 11.8. The van der Waals surface area contributed by atoms with Gasteiger partial charge in [-0.2, -0.15) is 4.62 Å². The van der Waals surface area contributed by atoms with Gasteiger partial charge in [0.1, 0.15) is 11.2 Å². The molecule has 1 atom stereocenters. The summed E-state index contributed by atoms with van der Waals surface area (Å²) in [6, 6.07) is 53.8. The molecule has 0 aliphatic carbocycles. The second-order valence-corrected chi connectivity index (χ2v) is 16.1. The van der Waals surface area contributed by atoms with Crippen molar-refractivity contribution < 1.29 is 13.0 Å². The van der Waals surface area contributed by atoms with Gasteiger partial charge in [-0.1, -0.05) is 171 Å². The summed E-state index contributed by atoms with van der Waals surface area (Å²) in [5.74, 6) is 0. The highest BCUT2D eigenvalue weighted by molar-refractivity contribution is 7.80. The monoisotopic (exact) mass is 701 g/mol. The van der Waals surface area contributed by atoms with Crippen LogP contribution >= 0.6 is 16.2 Å². The Hall–Kier alpha value is -5.11. The summed E-state index contributed by atoms with van der Waals surface area (Å²) >= 11 is 0. The first-order valence-electron chi connectivity index (χ1n) is 17.7. The molecule has 0 amide bonds. The van der Waals surface area contributed by atoms with E-state index < -0.39 is 16.2 Å². The van der Waals surface area contributed by atoms with E-state index >= 15 is 0 Å². The standard InChI is InChI=1S/C45H37NO3P2/c1-2-3-18-35-29-26-34-17-14-25-42(50(36-19-6-4-7-20-36)37-21-8-5-9-22-37)45(34)46(35)49-51-47-40-30-27-32-15-10-12-23-38(32)43(40)44-39-24-13-11-16-33(39)28-31-41(44)48-51/h4-17,19-31,35H,2-3,18H2,1H3/t35-/m0/s1. The highest BCUT2D eigenvalue weighted by Gasteiger charge is 2.32. The van der Waals surface area contributed by atoms with Gasteiger partial charge in [0.2, 0.25) is 0 Å². The molecule has 250 valence electrons. The van der Waals surface area contributed by atoms with Gasteiger partial charge in [-0.3, -0.25) is 0 Å². The molecule has 9 rings (SSSR count). The number of hydroxylamine groups is 1. The van der Waals surface area contributed by atoms with Gasteiger partial charge in [0.15, 0.2) is 0 Å². The van der Waals surface area contributed by atoms with Crippen molar-refractivity contribution in [1.82, 2.24) is 0 Å². The molecule has 0 fully saturated rings. The van der Waals surface area contributed by atoms with Gasteiger partial charge >= 0.3 is 8.24 Å². The summed E-state index contributed by atoms with van der Waals surface area (Å²) in [7, 11) is -2.81. The van der Waals surface area contributed by atoms with Crippen molar-refractivity contribution in [2.45, 2.75) is 32.2 Å². The molecule has 1 aromatic heterocycles. The van der Waals surface area contributed by atoms with Crippen LogP contribution in [-0.2, 0) is 0 Å². The zero-order valence-corrected chi connectivity index (χ0v) is 30.1. The van der Waals surface area contributed by atoms with E-state index in [1.807, 2.05) is 0 Å². The molecule has 0 bridgehead atoms. The Morgan fingerprint density at radius 3 is 1.78 bits per heavy atom. The molecule has 6 heteroatoms. The maximum absolute atomic E-state index is 7.16. The largest absolute Gasteiger partial charge is 0.411 e. The number of fused-ring (bicyclic) bond motifs is 8. The summed E-state index contributed by atoms with van der Waals surface area (Å²) < 4.78 is 21.0. The number of hydrogen-bond donors (Lipinski definition) is 0. The smallest absolute Gasteiger partial charge is 0.398 e. The fourth-order valence-electron chi connectivity index (χ4n) is 7.33. The van der Waals surface area contributed by atoms with Crippen molar-refractivity contribution in [3.8, 4) is 0 Å². The lowest BCUT2D eigenvalue weighted by Crippen LogP contribution is -2.42. The minimum Gasteiger partial charge on any atom is -0.398 e. The van der Waals surface area contributed by atoms with Crippen LogP contribution in [0, 0.1) is 0 Å². The zero-order chi connectivity index (χ0) is 34.1. The fourth-order valence-corrected chi connectivity index (χ4v) is 10.9. The fraction of sp³-hybridized carbons (Fsp3) is 0.111. The Balaban J connectivity index is 1.28. The first kappa shape index (κ1) is 31.8. The highest BCUT2D eigenvalue weighted by Crippen LogP contribution is 2.45. The van der Waals surface area contributed by atoms with Crippen molar-refractivity contribution in [1.29, 1.82) is 0 Å². The Bertz CT molecular complexity index is 2450. The van der Waals surface area contributed by atoms with Gasteiger partial charge in [-0.05, 0) is 58.6 Å². The van der Waals surface area contributed by atoms with Crippen LogP contribution in [0.15, 0.2) is 166 Å². The summed E-state index contributed by atoms with van der Waals surface area (Å²) in [6.07, 6.45) is 7.66. The Kier molecular flexibility index (Phi) is 8.67. The number of para-hydroxylation sites is 1. The predicted molar refractivity (Wildman–Crippen MR) is 218 cm³/mol. The Labute approximate surface area is 299 Å². The molecule has 0 saturated heterocycles. The minimum absolute atomic E-state index is 0.00657. The molecule has 7 aromatic carbocycles. The Morgan fingerprint density at radius 2 is 1.20 bits per heavy atom. The lowest BCUT2D eigenvalue weighted by Gasteiger charge is -2.36. The van der Waals surface area contributed by atoms with Crippen LogP contribution < -0.4 is 25.6 Å². The van der Waals surface area contributed by atoms with Crippen LogP contribution in [0.5, 0.6) is 0 Å². The molecule has 1 aliphatic rings. The first-order valence-corrected chi connectivity index (χ1v) is 20.1. The molecule has 0 spiro atoms. The molecular formula is C45H37NO3P2. The second-order valence-electron chi connectivity index (χ2n) is 12.9. The molecule has 8 aromatic rings. The lowest BCUT2D eigenvalue weighted by atomic mass is 9.99. The van der Waals surface area contributed by atoms with Crippen LogP contribution in [0.3, 0.4) is 0 Å². The van der Waals surface area contributed by atoms with Crippen molar-refractivity contribution in [2.24, 2.45) is 0 Å². The van der Waals surface area contributed by atoms with E-state index in [0.29, 0.717) is 0 Å². The van der Waals surface area contributed by atoms with Crippen molar-refractivity contribution in [3.63, 3.8) is 0 Å². The van der Waals surface area contributed by atoms with Gasteiger partial charge in [0, 0.05) is 21.6 Å². The number of benzene rings is 7. The summed E-state index contributed by atoms with van der Waals surface area (Å²) in [5, 5.41) is 12.6. The quantitative estimate of drug-likeness (QED) is 0.148. The van der Waals surface area contributed by atoms with Crippen LogP contribution in [0.4, 0.5) is 5.69 Å². The van der Waals surface area contributed by atoms with E-state index in [1.54, 1.807) is 0 Å². The molecule has 0 radical (unpaired) electrons. The van der Waals surface area contributed by atoms with Gasteiger partial charge in [0.25, 0.3) is 0 Å². The molecule has 0 saturated carbocycles. The maximum Gasteiger partial charge on any atom is 0.411 e. The Morgan fingerprint density at radius 1 is 0.627 bits per heavy atom. The topological polar surface area (TPSA) is 38.8 Å². The SMILES string of the molecule is CCCC[C@H]1C=Cc2cccc(P(c3ccccc3)c3ccccc3)c2N1Op1oc2ccc3ccccc3c2c2c(ccc3ccccc32)o1. The molecule has 4 nitrogen and oxygen atoms in total. The highest BCUT2D eigenvalue weighted by atomic mass is 31.1. The van der Waals surface area contributed by atoms with Crippen molar-refractivity contribution in [3.05, 3.63) is 163 Å². The molecule has 2 heterocycles. The lowest BCUT2D eigenvalue weighted by molar-refractivity contribution is 0.302. The van der Waals surface area contributed by atoms with Crippen LogP contribution in [0.1, 0.15) is 31.7 Å². The minimum atomic E-state index is -1.91. The van der Waals surface area contributed by atoms with E-state index in [4.69, 9.17) is 13.0 Å². The first-order chi connectivity index (χ1) is 25.3. The van der Waals surface area contributed by atoms with Crippen LogP contribution in [0.25, 0.3) is 49.6 Å². The van der Waals surface area contributed by atoms with E-state index in [9.17, 15) is 0 Å². The van der Waals surface area contributed by atoms with Crippen LogP contribution in [0.2, 0.25) is 0 Å². The molecule has 0 N–H and O–H groups in total. The summed E-state index contributed by atoms with van der Waals surface area (Å²) in [4.78, 5) is 0. The molecular weight excluding hydrogens is 664 g/mol. The molecule has 1 aliphatic heterocycles. The normalized spacial score (nSPS) is 14.2. The van der Waals surface area contributed by atoms with Gasteiger partial charge < -0.3 is 8.39 Å². The molecule has 51 heavy (non-hydrogen) atoms. The van der Waals surface area contributed by atoms with Crippen molar-refractivity contribution >= 4 is 87.3 Å². The number of anilines is 1. The van der Waals surface area contributed by atoms with Gasteiger partial charge in [-0.15, -0.1) is 0 Å². The average Bonchev–Trinajstić information content (AvgIpc) is 3.35. The van der Waals surface area contributed by atoms with E-state index in [1.165, 1.54) is 15.9 Å². The number of hydrogen-bond acceptors (Lipinski definition) is 4. The summed E-state index contributed by atoms with van der Waals surface area (Å²) in [6.45, 7) is 2.24. The number of unbranched alkanes of at least 4 members (excludes halogenated alkanes) is 1. The van der Waals surface area contributed by atoms with Gasteiger partial charge in [-0.25, -0.2) is 5.06 Å². The van der Waals surface area contributed by atoms with Gasteiger partial charge in [0.05, 0.1) is 11.7 Å². The van der Waals surface area contributed by atoms with Crippen molar-refractivity contribution in [2.75, 3.05) is 5.06 Å². The number of nitrogens with zero attached hydrogens (tertiary/aromatic N) is 1.